The van der Waals surface area contributed by atoms with Gasteiger partial charge in [0.25, 0.3) is 5.56 Å². The lowest BCUT2D eigenvalue weighted by atomic mass is 10.2. The van der Waals surface area contributed by atoms with Crippen LogP contribution in [0.25, 0.3) is 0 Å². The van der Waals surface area contributed by atoms with Crippen LogP contribution in [0.1, 0.15) is 22.1 Å². The molecule has 3 heterocycles. The predicted molar refractivity (Wildman–Crippen MR) is 123 cm³/mol. The molecule has 0 amide bonds. The number of benzene rings is 1. The number of aromatic nitrogens is 2. The second kappa shape index (κ2) is 8.80. The molecule has 166 valence electrons. The lowest BCUT2D eigenvalue weighted by Gasteiger charge is -2.23. The van der Waals surface area contributed by atoms with Gasteiger partial charge in [-0.15, -0.1) is 0 Å². The van der Waals surface area contributed by atoms with Crippen molar-refractivity contribution >= 4 is 25.8 Å². The Morgan fingerprint density at radius 1 is 1.26 bits per heavy atom. The molecule has 31 heavy (non-hydrogen) atoms. The van der Waals surface area contributed by atoms with Crippen LogP contribution in [0.2, 0.25) is 25.7 Å². The van der Waals surface area contributed by atoms with Crippen molar-refractivity contribution in [3.8, 4) is 6.01 Å². The van der Waals surface area contributed by atoms with Gasteiger partial charge in [0.15, 0.2) is 12.3 Å². The van der Waals surface area contributed by atoms with Gasteiger partial charge in [-0.05, 0) is 30.9 Å². The Morgan fingerprint density at radius 2 is 2.00 bits per heavy atom. The van der Waals surface area contributed by atoms with E-state index in [0.717, 1.165) is 5.75 Å². The molecule has 4 atom stereocenters. The first-order valence-electron chi connectivity index (χ1n) is 10.5. The zero-order chi connectivity index (χ0) is 22.2. The SMILES string of the molecule is Cc1cn2c(nc1=O)OC1[C@H]2O[C@H](COC(=O)c2ccccc2)[C@H]1SCC[Si](C)(C)C. The number of carbonyl (C=O) groups is 1. The number of rotatable bonds is 7. The van der Waals surface area contributed by atoms with E-state index in [-0.39, 0.29) is 41.8 Å². The molecule has 4 rings (SSSR count). The van der Waals surface area contributed by atoms with Crippen molar-refractivity contribution in [1.29, 1.82) is 0 Å². The molecule has 0 bridgehead atoms. The summed E-state index contributed by atoms with van der Waals surface area (Å²) in [6, 6.07) is 10.4. The third-order valence-electron chi connectivity index (χ3n) is 5.44. The average Bonchev–Trinajstić information content (AvgIpc) is 3.22. The number of hydrogen-bond donors (Lipinski definition) is 0. The minimum absolute atomic E-state index is 0.0259. The standard InChI is InChI=1S/C22H28N2O5SSi/c1-14-12-24-20-17(29-22(24)23-19(14)25)18(30-10-11-31(2,3)4)16(28-20)13-27-21(26)15-8-6-5-7-9-15/h5-9,12,16-18,20H,10-11,13H2,1-4H3/t16-,17?,18-,20-/m1/s1. The summed E-state index contributed by atoms with van der Waals surface area (Å²) in [6.45, 7) is 8.92. The van der Waals surface area contributed by atoms with Crippen LogP contribution in [-0.4, -0.2) is 53.4 Å². The largest absolute Gasteiger partial charge is 0.459 e. The molecule has 2 aromatic rings. The molecule has 0 spiro atoms. The number of esters is 1. The van der Waals surface area contributed by atoms with E-state index < -0.39 is 8.07 Å². The molecule has 0 N–H and O–H groups in total. The number of hydrogen-bond acceptors (Lipinski definition) is 7. The molecular weight excluding hydrogens is 432 g/mol. The molecule has 1 saturated heterocycles. The van der Waals surface area contributed by atoms with Crippen molar-refractivity contribution < 1.29 is 19.0 Å². The molecule has 1 aromatic heterocycles. The van der Waals surface area contributed by atoms with E-state index in [4.69, 9.17) is 14.2 Å². The summed E-state index contributed by atoms with van der Waals surface area (Å²) in [4.78, 5) is 28.4. The number of nitrogens with zero attached hydrogens (tertiary/aromatic N) is 2. The maximum atomic E-state index is 12.4. The first-order chi connectivity index (χ1) is 14.7. The molecule has 1 fully saturated rings. The molecule has 0 radical (unpaired) electrons. The normalized spacial score (nSPS) is 24.4. The minimum Gasteiger partial charge on any atom is -0.459 e. The van der Waals surface area contributed by atoms with Gasteiger partial charge < -0.3 is 14.2 Å². The Labute approximate surface area is 187 Å². The Balaban J connectivity index is 1.50. The third kappa shape index (κ3) is 4.88. The summed E-state index contributed by atoms with van der Waals surface area (Å²) in [7, 11) is -1.19. The second-order valence-electron chi connectivity index (χ2n) is 9.18. The van der Waals surface area contributed by atoms with Gasteiger partial charge in [0, 0.05) is 19.8 Å². The van der Waals surface area contributed by atoms with Crippen molar-refractivity contribution in [3.05, 3.63) is 58.0 Å². The van der Waals surface area contributed by atoms with Crippen LogP contribution in [0, 0.1) is 6.92 Å². The first-order valence-corrected chi connectivity index (χ1v) is 15.2. The summed E-state index contributed by atoms with van der Waals surface area (Å²) < 4.78 is 19.7. The lowest BCUT2D eigenvalue weighted by Crippen LogP contribution is -2.35. The number of ether oxygens (including phenoxy) is 3. The lowest BCUT2D eigenvalue weighted by molar-refractivity contribution is -0.0338. The molecule has 7 nitrogen and oxygen atoms in total. The average molecular weight is 461 g/mol. The number of carbonyl (C=O) groups excluding carboxylic acids is 1. The van der Waals surface area contributed by atoms with Gasteiger partial charge in [-0.1, -0.05) is 37.8 Å². The van der Waals surface area contributed by atoms with Crippen LogP contribution in [0.15, 0.2) is 41.3 Å². The monoisotopic (exact) mass is 460 g/mol. The smallest absolute Gasteiger partial charge is 0.338 e. The van der Waals surface area contributed by atoms with E-state index in [2.05, 4.69) is 24.6 Å². The van der Waals surface area contributed by atoms with Crippen molar-refractivity contribution in [1.82, 2.24) is 9.55 Å². The van der Waals surface area contributed by atoms with E-state index in [0.29, 0.717) is 17.1 Å². The highest BCUT2D eigenvalue weighted by molar-refractivity contribution is 8.00. The highest BCUT2D eigenvalue weighted by Crippen LogP contribution is 2.44. The van der Waals surface area contributed by atoms with Crippen LogP contribution in [0.4, 0.5) is 0 Å². The molecule has 2 aliphatic rings. The Hall–Kier alpha value is -2.10. The maximum absolute atomic E-state index is 12.4. The molecule has 0 aliphatic carbocycles. The summed E-state index contributed by atoms with van der Waals surface area (Å²) in [6.07, 6.45) is 0.770. The summed E-state index contributed by atoms with van der Waals surface area (Å²) in [5, 5.41) is -0.0259. The van der Waals surface area contributed by atoms with Gasteiger partial charge in [0.2, 0.25) is 0 Å². The molecule has 0 saturated carbocycles. The van der Waals surface area contributed by atoms with Gasteiger partial charge in [0.05, 0.1) is 10.8 Å². The molecule has 2 aliphatic heterocycles. The summed E-state index contributed by atoms with van der Waals surface area (Å²) >= 11 is 1.80. The second-order valence-corrected chi connectivity index (χ2v) is 16.1. The maximum Gasteiger partial charge on any atom is 0.338 e. The van der Waals surface area contributed by atoms with E-state index in [1.807, 2.05) is 18.2 Å². The van der Waals surface area contributed by atoms with Crippen LogP contribution < -0.4 is 10.3 Å². The predicted octanol–water partition coefficient (Wildman–Crippen LogP) is 3.51. The zero-order valence-electron chi connectivity index (χ0n) is 18.2. The first kappa shape index (κ1) is 22.1. The van der Waals surface area contributed by atoms with Gasteiger partial charge in [-0.3, -0.25) is 9.36 Å². The topological polar surface area (TPSA) is 79.7 Å². The van der Waals surface area contributed by atoms with Crippen molar-refractivity contribution in [2.75, 3.05) is 12.4 Å². The van der Waals surface area contributed by atoms with Crippen LogP contribution in [0.3, 0.4) is 0 Å². The van der Waals surface area contributed by atoms with Crippen LogP contribution in [0.5, 0.6) is 6.01 Å². The van der Waals surface area contributed by atoms with E-state index in [1.54, 1.807) is 41.6 Å². The molecule has 1 unspecified atom stereocenters. The van der Waals surface area contributed by atoms with Crippen molar-refractivity contribution in [3.63, 3.8) is 0 Å². The van der Waals surface area contributed by atoms with Crippen molar-refractivity contribution in [2.24, 2.45) is 0 Å². The number of aryl methyl sites for hydroxylation is 1. The van der Waals surface area contributed by atoms with E-state index >= 15 is 0 Å². The van der Waals surface area contributed by atoms with Gasteiger partial charge in [-0.2, -0.15) is 16.7 Å². The number of thioether (sulfide) groups is 1. The highest BCUT2D eigenvalue weighted by atomic mass is 32.2. The molecule has 1 aromatic carbocycles. The van der Waals surface area contributed by atoms with Crippen molar-refractivity contribution in [2.45, 2.75) is 56.3 Å². The van der Waals surface area contributed by atoms with Crippen LogP contribution in [-0.2, 0) is 9.47 Å². The van der Waals surface area contributed by atoms with Crippen LogP contribution >= 0.6 is 11.8 Å². The van der Waals surface area contributed by atoms with Gasteiger partial charge in [0.1, 0.15) is 12.7 Å². The fraction of sp³-hybridized carbons (Fsp3) is 0.500. The molecular formula is C22H28N2O5SSi. The fourth-order valence-electron chi connectivity index (χ4n) is 3.65. The quantitative estimate of drug-likeness (QED) is 0.462. The Bertz CT molecular complexity index is 1010. The summed E-state index contributed by atoms with van der Waals surface area (Å²) in [5.41, 5.74) is 0.767. The Morgan fingerprint density at radius 3 is 2.71 bits per heavy atom. The Kier molecular flexibility index (Phi) is 6.27. The van der Waals surface area contributed by atoms with E-state index in [1.165, 1.54) is 6.04 Å². The minimum atomic E-state index is -1.19. The van der Waals surface area contributed by atoms with Gasteiger partial charge >= 0.3 is 12.0 Å². The molecule has 9 heteroatoms. The summed E-state index contributed by atoms with van der Waals surface area (Å²) in [5.74, 6) is 0.620. The fourth-order valence-corrected chi connectivity index (χ4v) is 7.58. The zero-order valence-corrected chi connectivity index (χ0v) is 20.1. The van der Waals surface area contributed by atoms with Gasteiger partial charge in [-0.25, -0.2) is 4.79 Å². The van der Waals surface area contributed by atoms with E-state index in [9.17, 15) is 9.59 Å². The highest BCUT2D eigenvalue weighted by Gasteiger charge is 2.52. The third-order valence-corrected chi connectivity index (χ3v) is 8.95. The number of fused-ring (bicyclic) bond motifs is 3.